The average Bonchev–Trinajstić information content (AvgIpc) is 3.02. The normalized spacial score (nSPS) is 19.2. The lowest BCUT2D eigenvalue weighted by Gasteiger charge is -2.31. The quantitative estimate of drug-likeness (QED) is 0.814. The summed E-state index contributed by atoms with van der Waals surface area (Å²) >= 11 is 0. The molecule has 1 aliphatic heterocycles. The number of halogens is 2. The van der Waals surface area contributed by atoms with Gasteiger partial charge < -0.3 is 4.57 Å². The third-order valence-electron chi connectivity index (χ3n) is 4.60. The van der Waals surface area contributed by atoms with E-state index in [1.165, 1.54) is 29.0 Å². The van der Waals surface area contributed by atoms with E-state index >= 15 is 0 Å². The Bertz CT molecular complexity index is 851. The first-order valence-corrected chi connectivity index (χ1v) is 9.72. The molecule has 0 amide bonds. The van der Waals surface area contributed by atoms with Gasteiger partial charge in [0.15, 0.2) is 5.03 Å². The molecule has 1 saturated heterocycles. The maximum Gasteiger partial charge on any atom is 0.262 e. The van der Waals surface area contributed by atoms with Crippen LogP contribution in [-0.2, 0) is 23.5 Å². The van der Waals surface area contributed by atoms with Crippen LogP contribution in [0.2, 0.25) is 0 Å². The van der Waals surface area contributed by atoms with E-state index in [-0.39, 0.29) is 10.9 Å². The van der Waals surface area contributed by atoms with E-state index in [9.17, 15) is 17.2 Å². The highest BCUT2D eigenvalue weighted by molar-refractivity contribution is 7.89. The van der Waals surface area contributed by atoms with E-state index in [1.54, 1.807) is 11.6 Å². The summed E-state index contributed by atoms with van der Waals surface area (Å²) in [6.45, 7) is 0.877. The second kappa shape index (κ2) is 7.21. The van der Waals surface area contributed by atoms with Gasteiger partial charge in [0, 0.05) is 32.4 Å². The van der Waals surface area contributed by atoms with E-state index in [1.807, 2.05) is 0 Å². The molecular formula is C17H21F2N3O2S. The third kappa shape index (κ3) is 4.07. The summed E-state index contributed by atoms with van der Waals surface area (Å²) < 4.78 is 55.1. The van der Waals surface area contributed by atoms with E-state index in [2.05, 4.69) is 4.98 Å². The smallest absolute Gasteiger partial charge is 0.262 e. The van der Waals surface area contributed by atoms with Crippen molar-refractivity contribution in [3.05, 3.63) is 47.9 Å². The minimum Gasteiger partial charge on any atom is -0.339 e. The standard InChI is InChI=1S/C17H21F2N3O2S/c1-21-11-17(20-12-21)25(23,24)22-8-2-3-13(10-22)4-5-14-6-7-15(18)9-16(14)19/h6-7,9,11-13H,2-5,8,10H2,1H3. The lowest BCUT2D eigenvalue weighted by atomic mass is 9.92. The van der Waals surface area contributed by atoms with E-state index < -0.39 is 21.7 Å². The van der Waals surface area contributed by atoms with Gasteiger partial charge in [0.2, 0.25) is 0 Å². The Hall–Kier alpha value is -1.80. The first-order valence-electron chi connectivity index (χ1n) is 8.28. The van der Waals surface area contributed by atoms with Gasteiger partial charge in [0.05, 0.1) is 6.33 Å². The SMILES string of the molecule is Cn1cnc(S(=O)(=O)N2CCCC(CCc3ccc(F)cc3F)C2)c1. The predicted molar refractivity (Wildman–Crippen MR) is 89.4 cm³/mol. The lowest BCUT2D eigenvalue weighted by molar-refractivity contribution is 0.255. The van der Waals surface area contributed by atoms with Gasteiger partial charge in [0.25, 0.3) is 10.0 Å². The van der Waals surface area contributed by atoms with Crippen LogP contribution in [0.25, 0.3) is 0 Å². The Morgan fingerprint density at radius 1 is 1.32 bits per heavy atom. The minimum atomic E-state index is -3.59. The molecule has 0 bridgehead atoms. The van der Waals surface area contributed by atoms with Crippen LogP contribution in [0, 0.1) is 17.6 Å². The predicted octanol–water partition coefficient (Wildman–Crippen LogP) is 2.73. The Morgan fingerprint density at radius 3 is 2.80 bits per heavy atom. The van der Waals surface area contributed by atoms with Crippen molar-refractivity contribution < 1.29 is 17.2 Å². The van der Waals surface area contributed by atoms with Crippen LogP contribution in [0.3, 0.4) is 0 Å². The second-order valence-electron chi connectivity index (χ2n) is 6.52. The van der Waals surface area contributed by atoms with Crippen molar-refractivity contribution in [3.8, 4) is 0 Å². The first kappa shape index (κ1) is 18.0. The van der Waals surface area contributed by atoms with E-state index in [0.29, 0.717) is 31.5 Å². The number of hydrogen-bond acceptors (Lipinski definition) is 3. The number of sulfonamides is 1. The van der Waals surface area contributed by atoms with Crippen molar-refractivity contribution in [2.75, 3.05) is 13.1 Å². The highest BCUT2D eigenvalue weighted by atomic mass is 32.2. The average molecular weight is 369 g/mol. The number of imidazole rings is 1. The Labute approximate surface area is 146 Å². The molecule has 1 aliphatic rings. The fourth-order valence-corrected chi connectivity index (χ4v) is 4.74. The molecule has 25 heavy (non-hydrogen) atoms. The summed E-state index contributed by atoms with van der Waals surface area (Å²) in [4.78, 5) is 3.95. The Kier molecular flexibility index (Phi) is 5.19. The minimum absolute atomic E-state index is 0.0558. The molecule has 3 rings (SSSR count). The summed E-state index contributed by atoms with van der Waals surface area (Å²) in [5, 5.41) is 0.0558. The number of aryl methyl sites for hydroxylation is 2. The van der Waals surface area contributed by atoms with Gasteiger partial charge in [-0.2, -0.15) is 4.31 Å². The molecule has 2 aromatic rings. The van der Waals surface area contributed by atoms with Crippen LogP contribution in [0.15, 0.2) is 35.7 Å². The lowest BCUT2D eigenvalue weighted by Crippen LogP contribution is -2.40. The molecule has 0 spiro atoms. The summed E-state index contributed by atoms with van der Waals surface area (Å²) in [6.07, 6.45) is 5.75. The van der Waals surface area contributed by atoms with Crippen molar-refractivity contribution in [1.29, 1.82) is 0 Å². The van der Waals surface area contributed by atoms with Crippen molar-refractivity contribution in [1.82, 2.24) is 13.9 Å². The maximum atomic E-state index is 13.7. The maximum absolute atomic E-state index is 13.7. The molecule has 5 nitrogen and oxygen atoms in total. The molecule has 0 radical (unpaired) electrons. The van der Waals surface area contributed by atoms with Crippen LogP contribution >= 0.6 is 0 Å². The largest absolute Gasteiger partial charge is 0.339 e. The first-order chi connectivity index (χ1) is 11.9. The topological polar surface area (TPSA) is 55.2 Å². The monoisotopic (exact) mass is 369 g/mol. The van der Waals surface area contributed by atoms with Crippen LogP contribution < -0.4 is 0 Å². The summed E-state index contributed by atoms with van der Waals surface area (Å²) in [5.74, 6) is -0.989. The molecule has 1 aromatic carbocycles. The van der Waals surface area contributed by atoms with Gasteiger partial charge in [-0.3, -0.25) is 0 Å². The fourth-order valence-electron chi connectivity index (χ4n) is 3.22. The van der Waals surface area contributed by atoms with Crippen molar-refractivity contribution in [2.45, 2.75) is 30.7 Å². The van der Waals surface area contributed by atoms with Crippen LogP contribution in [-0.4, -0.2) is 35.4 Å². The summed E-state index contributed by atoms with van der Waals surface area (Å²) in [7, 11) is -1.87. The zero-order chi connectivity index (χ0) is 18.0. The van der Waals surface area contributed by atoms with E-state index in [0.717, 1.165) is 18.9 Å². The van der Waals surface area contributed by atoms with Gasteiger partial charge in [-0.05, 0) is 43.2 Å². The second-order valence-corrected chi connectivity index (χ2v) is 8.41. The molecule has 0 aliphatic carbocycles. The van der Waals surface area contributed by atoms with Crippen LogP contribution in [0.1, 0.15) is 24.8 Å². The molecule has 1 fully saturated rings. The van der Waals surface area contributed by atoms with Crippen molar-refractivity contribution in [3.63, 3.8) is 0 Å². The highest BCUT2D eigenvalue weighted by Crippen LogP contribution is 2.26. The molecule has 0 N–H and O–H groups in total. The van der Waals surface area contributed by atoms with Crippen LogP contribution in [0.5, 0.6) is 0 Å². The number of aromatic nitrogens is 2. The zero-order valence-corrected chi connectivity index (χ0v) is 14.8. The highest BCUT2D eigenvalue weighted by Gasteiger charge is 2.31. The molecule has 0 saturated carbocycles. The van der Waals surface area contributed by atoms with Gasteiger partial charge in [0.1, 0.15) is 11.6 Å². The number of hydrogen-bond donors (Lipinski definition) is 0. The van der Waals surface area contributed by atoms with Crippen molar-refractivity contribution in [2.24, 2.45) is 13.0 Å². The van der Waals surface area contributed by atoms with Gasteiger partial charge in [-0.25, -0.2) is 22.2 Å². The molecule has 8 heteroatoms. The zero-order valence-electron chi connectivity index (χ0n) is 14.0. The van der Waals surface area contributed by atoms with Crippen LogP contribution in [0.4, 0.5) is 8.78 Å². The Morgan fingerprint density at radius 2 is 2.12 bits per heavy atom. The molecule has 136 valence electrons. The molecule has 1 atom stereocenters. The number of nitrogens with zero attached hydrogens (tertiary/aromatic N) is 3. The summed E-state index contributed by atoms with van der Waals surface area (Å²) in [5.41, 5.74) is 0.464. The van der Waals surface area contributed by atoms with Gasteiger partial charge in [-0.1, -0.05) is 6.07 Å². The molecule has 2 heterocycles. The fraction of sp³-hybridized carbons (Fsp3) is 0.471. The van der Waals surface area contributed by atoms with Crippen molar-refractivity contribution >= 4 is 10.0 Å². The number of rotatable bonds is 5. The molecule has 1 unspecified atom stereocenters. The van der Waals surface area contributed by atoms with Gasteiger partial charge >= 0.3 is 0 Å². The Balaban J connectivity index is 1.65. The molecular weight excluding hydrogens is 348 g/mol. The number of piperidine rings is 1. The number of benzene rings is 1. The summed E-state index contributed by atoms with van der Waals surface area (Å²) in [6, 6.07) is 3.58. The third-order valence-corrected chi connectivity index (χ3v) is 6.36. The molecule has 1 aromatic heterocycles. The van der Waals surface area contributed by atoms with E-state index in [4.69, 9.17) is 0 Å². The van der Waals surface area contributed by atoms with Gasteiger partial charge in [-0.15, -0.1) is 0 Å².